The van der Waals surface area contributed by atoms with Gasteiger partial charge in [-0.25, -0.2) is 9.37 Å². The summed E-state index contributed by atoms with van der Waals surface area (Å²) in [5.74, 6) is 1.27. The zero-order chi connectivity index (χ0) is 43.5. The fourth-order valence-corrected chi connectivity index (χ4v) is 9.07. The highest BCUT2D eigenvalue weighted by molar-refractivity contribution is 7.09. The third-order valence-corrected chi connectivity index (χ3v) is 12.9. The van der Waals surface area contributed by atoms with E-state index in [9.17, 15) is 14.4 Å². The number of anilines is 1. The molecule has 13 nitrogen and oxygen atoms in total. The Morgan fingerprint density at radius 1 is 1.02 bits per heavy atom. The lowest BCUT2D eigenvalue weighted by Gasteiger charge is -2.47. The van der Waals surface area contributed by atoms with Gasteiger partial charge in [-0.1, -0.05) is 56.3 Å². The predicted molar refractivity (Wildman–Crippen MR) is 236 cm³/mol. The Morgan fingerprint density at radius 3 is 2.61 bits per heavy atom. The summed E-state index contributed by atoms with van der Waals surface area (Å²) in [5.41, 5.74) is 4.00. The average Bonchev–Trinajstić information content (AvgIpc) is 3.79. The van der Waals surface area contributed by atoms with E-state index in [-0.39, 0.29) is 49.1 Å². The maximum atomic E-state index is 15.8. The van der Waals surface area contributed by atoms with Crippen LogP contribution in [0.5, 0.6) is 11.5 Å². The van der Waals surface area contributed by atoms with E-state index in [1.54, 1.807) is 13.2 Å². The number of ether oxygens (including phenoxy) is 4. The number of carbonyl (C=O) groups excluding carboxylic acids is 3. The van der Waals surface area contributed by atoms with E-state index in [0.717, 1.165) is 47.8 Å². The van der Waals surface area contributed by atoms with Crippen molar-refractivity contribution in [3.8, 4) is 11.5 Å². The van der Waals surface area contributed by atoms with Crippen molar-refractivity contribution in [3.05, 3.63) is 105 Å². The summed E-state index contributed by atoms with van der Waals surface area (Å²) in [6.45, 7) is 10.4. The minimum Gasteiger partial charge on any atom is -0.497 e. The number of methoxy groups -OCH3 is 1. The molecule has 1 aromatic heterocycles. The van der Waals surface area contributed by atoms with Crippen molar-refractivity contribution in [2.45, 2.75) is 70.6 Å². The Balaban J connectivity index is 0.848. The van der Waals surface area contributed by atoms with Crippen LogP contribution in [-0.4, -0.2) is 122 Å². The van der Waals surface area contributed by atoms with Crippen molar-refractivity contribution in [1.29, 1.82) is 0 Å². The second kappa shape index (κ2) is 21.4. The topological polar surface area (TPSA) is 135 Å². The number of benzene rings is 3. The lowest BCUT2D eigenvalue weighted by Crippen LogP contribution is -2.58. The molecule has 2 fully saturated rings. The molecule has 3 aliphatic rings. The van der Waals surface area contributed by atoms with Crippen molar-refractivity contribution in [3.63, 3.8) is 0 Å². The Kier molecular flexibility index (Phi) is 15.6. The Morgan fingerprint density at radius 2 is 1.81 bits per heavy atom. The summed E-state index contributed by atoms with van der Waals surface area (Å²) in [6, 6.07) is 19.0. The van der Waals surface area contributed by atoms with Gasteiger partial charge in [0.1, 0.15) is 23.0 Å². The Bertz CT molecular complexity index is 2160. The molecule has 3 aliphatic heterocycles. The first kappa shape index (κ1) is 45.1. The molecule has 3 aromatic carbocycles. The first-order valence-corrected chi connectivity index (χ1v) is 22.6. The van der Waals surface area contributed by atoms with Crippen molar-refractivity contribution >= 4 is 34.7 Å². The molecule has 4 heterocycles. The highest BCUT2D eigenvalue weighted by atomic mass is 32.1. The maximum Gasteiger partial charge on any atom is 0.273 e. The fourth-order valence-electron chi connectivity index (χ4n) is 8.26. The Labute approximate surface area is 367 Å². The number of hydrogen-bond acceptors (Lipinski definition) is 11. The molecule has 15 heteroatoms. The third kappa shape index (κ3) is 11.7. The highest BCUT2D eigenvalue weighted by Crippen LogP contribution is 2.33. The number of fused-ring (bicyclic) bond motifs is 1. The molecule has 7 rings (SSSR count). The molecule has 0 bridgehead atoms. The maximum absolute atomic E-state index is 15.8. The average molecular weight is 871 g/mol. The van der Waals surface area contributed by atoms with Gasteiger partial charge in [0.2, 0.25) is 5.91 Å². The van der Waals surface area contributed by atoms with Crippen LogP contribution in [0.3, 0.4) is 0 Å². The number of piperidine rings is 1. The number of rotatable bonds is 19. The first-order valence-electron chi connectivity index (χ1n) is 21.7. The van der Waals surface area contributed by atoms with Crippen LogP contribution in [0.25, 0.3) is 0 Å². The second-order valence-electron chi connectivity index (χ2n) is 16.6. The van der Waals surface area contributed by atoms with E-state index in [0.29, 0.717) is 100 Å². The number of nitrogens with zero attached hydrogens (tertiary/aromatic N) is 4. The largest absolute Gasteiger partial charge is 0.497 e. The van der Waals surface area contributed by atoms with E-state index in [2.05, 4.69) is 34.4 Å². The molecule has 0 unspecified atom stereocenters. The molecule has 1 spiro atoms. The van der Waals surface area contributed by atoms with Gasteiger partial charge in [-0.2, -0.15) is 0 Å². The van der Waals surface area contributed by atoms with E-state index >= 15 is 4.39 Å². The molecule has 3 amide bonds. The lowest BCUT2D eigenvalue weighted by atomic mass is 9.89. The highest BCUT2D eigenvalue weighted by Gasteiger charge is 2.41. The van der Waals surface area contributed by atoms with Gasteiger partial charge in [-0.3, -0.25) is 19.3 Å². The minimum absolute atomic E-state index is 0.00458. The molecular formula is C47H59FN6O7S. The number of halogens is 1. The van der Waals surface area contributed by atoms with Crippen LogP contribution < -0.4 is 20.1 Å². The molecular weight excluding hydrogens is 812 g/mol. The summed E-state index contributed by atoms with van der Waals surface area (Å²) >= 11 is 1.53. The summed E-state index contributed by atoms with van der Waals surface area (Å²) in [4.78, 5) is 49.2. The number of nitrogens with one attached hydrogen (secondary N) is 2. The van der Waals surface area contributed by atoms with Crippen LogP contribution >= 0.6 is 11.3 Å². The normalized spacial score (nSPS) is 16.2. The number of para-hydroxylation sites is 1. The van der Waals surface area contributed by atoms with Gasteiger partial charge in [-0.05, 0) is 67.1 Å². The zero-order valence-electron chi connectivity index (χ0n) is 36.1. The predicted octanol–water partition coefficient (Wildman–Crippen LogP) is 6.06. The molecule has 0 atom stereocenters. The molecule has 62 heavy (non-hydrogen) atoms. The number of carbonyl (C=O) groups is 3. The van der Waals surface area contributed by atoms with E-state index in [4.69, 9.17) is 18.9 Å². The van der Waals surface area contributed by atoms with Crippen LogP contribution in [0.15, 0.2) is 66.0 Å². The lowest BCUT2D eigenvalue weighted by molar-refractivity contribution is -0.133. The zero-order valence-corrected chi connectivity index (χ0v) is 36.9. The number of hydrogen-bond donors (Lipinski definition) is 2. The number of amides is 3. The number of likely N-dealkylation sites (tertiary alicyclic amines) is 1. The molecule has 4 aromatic rings. The van der Waals surface area contributed by atoms with Crippen LogP contribution in [0.2, 0.25) is 0 Å². The number of aromatic nitrogens is 1. The summed E-state index contributed by atoms with van der Waals surface area (Å²) < 4.78 is 39.2. The Hall–Kier alpha value is -4.93. The third-order valence-electron chi connectivity index (χ3n) is 11.8. The van der Waals surface area contributed by atoms with Gasteiger partial charge < -0.3 is 39.4 Å². The first-order chi connectivity index (χ1) is 30.1. The van der Waals surface area contributed by atoms with Crippen LogP contribution in [0, 0.1) is 5.82 Å². The van der Waals surface area contributed by atoms with Gasteiger partial charge >= 0.3 is 0 Å². The minimum atomic E-state index is -0.398. The number of morpholine rings is 1. The van der Waals surface area contributed by atoms with Gasteiger partial charge in [0.25, 0.3) is 11.8 Å². The van der Waals surface area contributed by atoms with Crippen LogP contribution in [0.1, 0.15) is 76.8 Å². The van der Waals surface area contributed by atoms with E-state index in [1.165, 1.54) is 11.3 Å². The quantitative estimate of drug-likeness (QED) is 0.107. The molecule has 2 N–H and O–H groups in total. The molecule has 0 saturated carbocycles. The van der Waals surface area contributed by atoms with Crippen LogP contribution in [-0.2, 0) is 45.0 Å². The van der Waals surface area contributed by atoms with E-state index < -0.39 is 5.60 Å². The number of thiazole rings is 1. The standard InChI is InChI=1S/C47H59FN6O7S/c1-33(2)45-51-40(31-62-45)46(57)54-23-26-61-47(32-54)16-20-52(21-17-47)29-37-10-5-8-35(43(37)48)14-24-59-25-15-42(56)53(28-34-7-4-11-38(27-34)58-3)22-19-49-18-13-36-9-6-12-39-44(36)60-30-41(55)50-39/h4-12,27,31,33,49H,13-26,28-30,32H2,1-3H3,(H,50,55). The van der Waals surface area contributed by atoms with Crippen molar-refractivity contribution in [1.82, 2.24) is 25.0 Å². The molecule has 0 aliphatic carbocycles. The van der Waals surface area contributed by atoms with E-state index in [1.807, 2.05) is 69.8 Å². The fraction of sp³-hybridized carbons (Fsp3) is 0.489. The van der Waals surface area contributed by atoms with Crippen molar-refractivity contribution in [2.75, 3.05) is 84.7 Å². The smallest absolute Gasteiger partial charge is 0.273 e. The van der Waals surface area contributed by atoms with Gasteiger partial charge in [-0.15, -0.1) is 11.3 Å². The van der Waals surface area contributed by atoms with Crippen molar-refractivity contribution < 1.29 is 37.7 Å². The monoisotopic (exact) mass is 870 g/mol. The summed E-state index contributed by atoms with van der Waals surface area (Å²) in [5, 5.41) is 9.13. The second-order valence-corrected chi connectivity index (χ2v) is 17.4. The van der Waals surface area contributed by atoms with Gasteiger partial charge in [0.15, 0.2) is 6.61 Å². The SMILES string of the molecule is COc1cccc(CN(CCNCCc2cccc3c2OCC(=O)N3)C(=O)CCOCCc2cccc(CN3CCC4(CC3)CN(C(=O)c3csc(C(C)C)n3)CCO4)c2F)c1. The van der Waals surface area contributed by atoms with Gasteiger partial charge in [0.05, 0.1) is 56.2 Å². The summed E-state index contributed by atoms with van der Waals surface area (Å²) in [6.07, 6.45) is 2.82. The van der Waals surface area contributed by atoms with Gasteiger partial charge in [0, 0.05) is 62.7 Å². The molecule has 0 radical (unpaired) electrons. The van der Waals surface area contributed by atoms with Crippen molar-refractivity contribution in [2.24, 2.45) is 0 Å². The summed E-state index contributed by atoms with van der Waals surface area (Å²) in [7, 11) is 1.62. The molecule has 2 saturated heterocycles. The van der Waals surface area contributed by atoms with Crippen LogP contribution in [0.4, 0.5) is 10.1 Å². The molecule has 332 valence electrons.